The number of hydrogen-bond donors (Lipinski definition) is 0. The molecule has 1 aromatic carbocycles. The van der Waals surface area contributed by atoms with Gasteiger partial charge in [0, 0.05) is 79.3 Å². The Morgan fingerprint density at radius 2 is 1.37 bits per heavy atom. The summed E-state index contributed by atoms with van der Waals surface area (Å²) in [4.78, 5) is 43.4. The van der Waals surface area contributed by atoms with Crippen LogP contribution in [0.2, 0.25) is 0 Å². The Labute approximate surface area is 438 Å². The molecule has 22 nitrogen and oxygen atoms in total. The summed E-state index contributed by atoms with van der Waals surface area (Å²) in [7, 11) is -12.5. The largest absolute Gasteiger partial charge is 0.748 e. The van der Waals surface area contributed by atoms with Crippen LogP contribution >= 0.6 is 0 Å². The number of fused-ring (bicyclic) bond motifs is 2. The Balaban J connectivity index is 1.46. The van der Waals surface area contributed by atoms with Crippen LogP contribution in [-0.4, -0.2) is 159 Å². The lowest BCUT2D eigenvalue weighted by Gasteiger charge is -2.30. The Morgan fingerprint density at radius 3 is 1.96 bits per heavy atom. The molecule has 0 saturated carbocycles. The number of allylic oxidation sites excluding steroid dienone is 3. The molecular weight excluding hydrogens is 1040 g/mol. The van der Waals surface area contributed by atoms with Crippen LogP contribution in [0.25, 0.3) is 17.4 Å². The maximum atomic E-state index is 12.9. The van der Waals surface area contributed by atoms with E-state index in [1.165, 1.54) is 12.1 Å². The number of carbonyl (C=O) groups is 3. The third kappa shape index (κ3) is 18.7. The second kappa shape index (κ2) is 27.4. The maximum Gasteiger partial charge on any atom is 0.333 e. The predicted molar refractivity (Wildman–Crippen MR) is 270 cm³/mol. The van der Waals surface area contributed by atoms with Gasteiger partial charge in [-0.1, -0.05) is 26.8 Å². The van der Waals surface area contributed by atoms with Crippen LogP contribution in [0.3, 0.4) is 0 Å². The van der Waals surface area contributed by atoms with E-state index in [0.29, 0.717) is 91.7 Å². The topological polar surface area (TPSA) is 301 Å². The first-order valence-electron chi connectivity index (χ1n) is 24.5. The van der Waals surface area contributed by atoms with Gasteiger partial charge in [-0.05, 0) is 85.2 Å². The highest BCUT2D eigenvalue weighted by Gasteiger charge is 2.44. The summed E-state index contributed by atoms with van der Waals surface area (Å²) in [6.45, 7) is 11.8. The summed E-state index contributed by atoms with van der Waals surface area (Å²) in [6.07, 6.45) is 4.72. The molecule has 1 atom stereocenters. The summed E-state index contributed by atoms with van der Waals surface area (Å²) >= 11 is 0. The van der Waals surface area contributed by atoms with Gasteiger partial charge in [0.05, 0.1) is 84.1 Å². The zero-order valence-electron chi connectivity index (χ0n) is 42.9. The lowest BCUT2D eigenvalue weighted by Crippen LogP contribution is -2.35. The van der Waals surface area contributed by atoms with Crippen molar-refractivity contribution in [2.75, 3.05) is 103 Å². The van der Waals surface area contributed by atoms with Crippen LogP contribution in [-0.2, 0) is 84.1 Å². The normalized spacial score (nSPS) is 17.5. The van der Waals surface area contributed by atoms with Gasteiger partial charge in [0.1, 0.15) is 34.8 Å². The Morgan fingerprint density at radius 1 is 0.773 bits per heavy atom. The highest BCUT2D eigenvalue weighted by atomic mass is 32.2. The van der Waals surface area contributed by atoms with Gasteiger partial charge in [-0.2, -0.15) is 0 Å². The zero-order valence-corrected chi connectivity index (χ0v) is 45.4. The van der Waals surface area contributed by atoms with E-state index in [2.05, 4.69) is 0 Å². The molecular formula is C50H67N3O19S3-2. The fourth-order valence-corrected chi connectivity index (χ4v) is 10.2. The standard InChI is InChI=1S/C50H69N3O19S3/c1-49(2,3)41-35-38(71-44-34-37(13-15-40(41)44)51(20-8-32-73(57,58)59)22-23-67-26-27-69-30-31-70-29-28-68-25-24-66-5)10-6-11-45-50(4,19-7-12-48(56)72-53-46(54)17-18-47(53)55)42-36-39(75(63,64)65)14-16-43(42)52(45)21-9-33-74(60,61)62/h6,10-11,13-16,34-36H,7-9,12,17-33H2,1-5H3,(H2-,57,58,59,60,61,62,63,64,65)/p-2. The van der Waals surface area contributed by atoms with E-state index in [-0.39, 0.29) is 71.2 Å². The molecule has 1 unspecified atom stereocenters. The molecule has 0 aromatic heterocycles. The molecule has 2 amide bonds. The molecule has 5 rings (SSSR count). The number of carbonyl (C=O) groups excluding carboxylic acids is 3. The molecule has 1 fully saturated rings. The Bertz CT molecular complexity index is 2890. The van der Waals surface area contributed by atoms with Crippen molar-refractivity contribution in [2.45, 2.75) is 88.4 Å². The molecule has 416 valence electrons. The average Bonchev–Trinajstić information content (AvgIpc) is 3.75. The highest BCUT2D eigenvalue weighted by molar-refractivity contribution is 7.86. The van der Waals surface area contributed by atoms with Crippen molar-refractivity contribution in [3.8, 4) is 11.3 Å². The highest BCUT2D eigenvalue weighted by Crippen LogP contribution is 2.51. The molecule has 0 N–H and O–H groups in total. The van der Waals surface area contributed by atoms with Crippen molar-refractivity contribution < 1.29 is 86.2 Å². The zero-order chi connectivity index (χ0) is 55.0. The van der Waals surface area contributed by atoms with Crippen LogP contribution < -0.4 is 14.8 Å². The van der Waals surface area contributed by atoms with E-state index in [0.717, 1.165) is 17.2 Å². The second-order valence-corrected chi connectivity index (χ2v) is 23.5. The third-order valence-electron chi connectivity index (χ3n) is 12.4. The number of imide groups is 1. The number of methoxy groups -OCH3 is 1. The van der Waals surface area contributed by atoms with Crippen molar-refractivity contribution in [1.82, 2.24) is 9.64 Å². The van der Waals surface area contributed by atoms with E-state index in [9.17, 15) is 53.3 Å². The molecule has 3 heterocycles. The van der Waals surface area contributed by atoms with Gasteiger partial charge in [-0.3, -0.25) is 9.59 Å². The summed E-state index contributed by atoms with van der Waals surface area (Å²) in [5.74, 6) is -2.58. The molecule has 3 aliphatic heterocycles. The number of rotatable bonds is 31. The minimum Gasteiger partial charge on any atom is -0.748 e. The Kier molecular flexibility index (Phi) is 22.3. The predicted octanol–water partition coefficient (Wildman–Crippen LogP) is 3.39. The minimum atomic E-state index is -4.96. The average molecular weight is 1110 g/mol. The molecule has 1 saturated heterocycles. The number of amides is 2. The SMILES string of the molecule is COCCOCCOCCOCCOCC[N+](CCCS(=O)(=O)[O-])=c1ccc2c(C(C)(C)C)cc(/C=C/C=C3/N(CCCS(=O)(=O)[O-])c4ccc(S(=O)(=O)[O-])cc4C3(C)CCCC(=O)ON3C(=O)CCC3=O)oc-2c1. The number of anilines is 1. The molecule has 75 heavy (non-hydrogen) atoms. The molecule has 1 aliphatic carbocycles. The van der Waals surface area contributed by atoms with Crippen LogP contribution in [0, 0.1) is 0 Å². The van der Waals surface area contributed by atoms with Gasteiger partial charge in [0.2, 0.25) is 5.36 Å². The fraction of sp³-hybridized carbons (Fsp3) is 0.560. The second-order valence-electron chi connectivity index (χ2n) is 19.1. The summed E-state index contributed by atoms with van der Waals surface area (Å²) < 4.78 is 143. The summed E-state index contributed by atoms with van der Waals surface area (Å²) in [5.41, 5.74) is 1.40. The number of hydrogen-bond acceptors (Lipinski definition) is 20. The number of benzene rings is 2. The molecule has 0 spiro atoms. The Hall–Kier alpha value is -4.93. The smallest absolute Gasteiger partial charge is 0.333 e. The van der Waals surface area contributed by atoms with Crippen molar-refractivity contribution >= 4 is 59.9 Å². The molecule has 25 heteroatoms. The summed E-state index contributed by atoms with van der Waals surface area (Å²) in [6, 6.07) is 11.3. The maximum absolute atomic E-state index is 12.9. The van der Waals surface area contributed by atoms with Gasteiger partial charge >= 0.3 is 5.97 Å². The van der Waals surface area contributed by atoms with E-state index < -0.39 is 75.4 Å². The van der Waals surface area contributed by atoms with Gasteiger partial charge < -0.3 is 51.5 Å². The van der Waals surface area contributed by atoms with E-state index in [1.807, 2.05) is 49.6 Å². The molecule has 1 aromatic rings. The lowest BCUT2D eigenvalue weighted by molar-refractivity contribution is -0.197. The van der Waals surface area contributed by atoms with Gasteiger partial charge in [-0.25, -0.2) is 34.6 Å². The number of nitrogens with zero attached hydrogens (tertiary/aromatic N) is 3. The van der Waals surface area contributed by atoms with Crippen LogP contribution in [0.4, 0.5) is 5.69 Å². The fourth-order valence-electron chi connectivity index (χ4n) is 8.69. The first-order chi connectivity index (χ1) is 35.3. The molecule has 4 aliphatic rings. The van der Waals surface area contributed by atoms with E-state index >= 15 is 0 Å². The quantitative estimate of drug-likeness (QED) is 0.0386. The van der Waals surface area contributed by atoms with Crippen molar-refractivity contribution in [3.63, 3.8) is 0 Å². The number of hydroxylamine groups is 2. The third-order valence-corrected chi connectivity index (χ3v) is 14.8. The molecule has 0 bridgehead atoms. The lowest BCUT2D eigenvalue weighted by atomic mass is 9.77. The van der Waals surface area contributed by atoms with Crippen LogP contribution in [0.1, 0.15) is 89.5 Å². The van der Waals surface area contributed by atoms with Crippen molar-refractivity contribution in [3.05, 3.63) is 82.6 Å². The van der Waals surface area contributed by atoms with Crippen LogP contribution in [0.5, 0.6) is 0 Å². The van der Waals surface area contributed by atoms with Crippen molar-refractivity contribution in [2.24, 2.45) is 0 Å². The van der Waals surface area contributed by atoms with Gasteiger partial charge in [0.15, 0.2) is 6.54 Å². The number of ether oxygens (including phenoxy) is 5. The minimum absolute atomic E-state index is 0.0235. The van der Waals surface area contributed by atoms with Crippen molar-refractivity contribution in [1.29, 1.82) is 0 Å². The monoisotopic (exact) mass is 1110 g/mol. The molecule has 0 radical (unpaired) electrons. The first-order valence-corrected chi connectivity index (χ1v) is 29.0. The van der Waals surface area contributed by atoms with Crippen LogP contribution in [0.15, 0.2) is 69.6 Å². The van der Waals surface area contributed by atoms with Gasteiger partial charge in [0.25, 0.3) is 11.8 Å². The van der Waals surface area contributed by atoms with E-state index in [4.69, 9.17) is 32.9 Å². The summed E-state index contributed by atoms with van der Waals surface area (Å²) in [5, 5.41) is 1.10. The van der Waals surface area contributed by atoms with Gasteiger partial charge in [-0.15, -0.1) is 5.06 Å². The van der Waals surface area contributed by atoms with E-state index in [1.54, 1.807) is 37.2 Å². The first kappa shape index (κ1) is 60.9.